The van der Waals surface area contributed by atoms with Crippen molar-refractivity contribution in [3.8, 4) is 0 Å². The molecule has 1 aromatic rings. The number of benzene rings is 1. The number of carbonyl (C=O) groups excluding carboxylic acids is 1. The Bertz CT molecular complexity index is 596. The molecule has 0 bridgehead atoms. The summed E-state index contributed by atoms with van der Waals surface area (Å²) >= 11 is 0. The Morgan fingerprint density at radius 1 is 1.40 bits per heavy atom. The molecular weight excluding hydrogens is 276 g/mol. The molecule has 0 aliphatic heterocycles. The number of sulfone groups is 1. The van der Waals surface area contributed by atoms with Crippen LogP contribution in [0.2, 0.25) is 0 Å². The molecule has 5 nitrogen and oxygen atoms in total. The fourth-order valence-electron chi connectivity index (χ4n) is 1.69. The lowest BCUT2D eigenvalue weighted by atomic mass is 9.99. The van der Waals surface area contributed by atoms with Crippen molar-refractivity contribution in [2.45, 2.75) is 38.1 Å². The van der Waals surface area contributed by atoms with Crippen LogP contribution < -0.4 is 11.1 Å². The second-order valence-corrected chi connectivity index (χ2v) is 7.17. The average molecular weight is 298 g/mol. The van der Waals surface area contributed by atoms with E-state index >= 15 is 0 Å². The van der Waals surface area contributed by atoms with Crippen molar-refractivity contribution in [3.63, 3.8) is 0 Å². The third-order valence-corrected chi connectivity index (χ3v) is 4.57. The molecule has 0 aromatic heterocycles. The highest BCUT2D eigenvalue weighted by Gasteiger charge is 2.20. The maximum atomic E-state index is 12.0. The number of carbonyl (C=O) groups is 1. The van der Waals surface area contributed by atoms with Crippen LogP contribution >= 0.6 is 0 Å². The van der Waals surface area contributed by atoms with E-state index in [1.54, 1.807) is 13.0 Å². The SMILES string of the molecule is CCC(C)[C@H](N)C(=O)Nc1cc(S(C)(=O)=O)ccc1C. The molecule has 0 aliphatic rings. The van der Waals surface area contributed by atoms with Crippen LogP contribution in [0.15, 0.2) is 23.1 Å². The maximum Gasteiger partial charge on any atom is 0.241 e. The van der Waals surface area contributed by atoms with Gasteiger partial charge in [-0.25, -0.2) is 8.42 Å². The molecule has 0 saturated carbocycles. The topological polar surface area (TPSA) is 89.3 Å². The Hall–Kier alpha value is -1.40. The Kier molecular flexibility index (Phi) is 5.30. The molecule has 0 fully saturated rings. The van der Waals surface area contributed by atoms with Crippen molar-refractivity contribution in [2.75, 3.05) is 11.6 Å². The molecule has 0 radical (unpaired) electrons. The minimum atomic E-state index is -3.30. The molecule has 2 atom stereocenters. The first-order chi connectivity index (χ1) is 9.16. The van der Waals surface area contributed by atoms with Gasteiger partial charge in [-0.3, -0.25) is 4.79 Å². The molecule has 0 heterocycles. The number of nitrogens with one attached hydrogen (secondary N) is 1. The number of nitrogens with two attached hydrogens (primary N) is 1. The van der Waals surface area contributed by atoms with Crippen molar-refractivity contribution in [1.82, 2.24) is 0 Å². The van der Waals surface area contributed by atoms with Crippen LogP contribution in [0.4, 0.5) is 5.69 Å². The number of anilines is 1. The van der Waals surface area contributed by atoms with Crippen LogP contribution in [-0.2, 0) is 14.6 Å². The quantitative estimate of drug-likeness (QED) is 0.866. The van der Waals surface area contributed by atoms with E-state index in [-0.39, 0.29) is 16.7 Å². The predicted molar refractivity (Wildman–Crippen MR) is 80.3 cm³/mol. The Morgan fingerprint density at radius 3 is 2.50 bits per heavy atom. The van der Waals surface area contributed by atoms with E-state index in [4.69, 9.17) is 5.73 Å². The number of hydrogen-bond acceptors (Lipinski definition) is 4. The van der Waals surface area contributed by atoms with Crippen molar-refractivity contribution in [2.24, 2.45) is 11.7 Å². The summed E-state index contributed by atoms with van der Waals surface area (Å²) in [5.41, 5.74) is 7.14. The summed E-state index contributed by atoms with van der Waals surface area (Å²) in [5, 5.41) is 2.71. The lowest BCUT2D eigenvalue weighted by molar-refractivity contribution is -0.118. The summed E-state index contributed by atoms with van der Waals surface area (Å²) in [6.45, 7) is 5.67. The molecule has 1 aromatic carbocycles. The Morgan fingerprint density at radius 2 is 2.00 bits per heavy atom. The van der Waals surface area contributed by atoms with Crippen LogP contribution in [0.25, 0.3) is 0 Å². The van der Waals surface area contributed by atoms with Gasteiger partial charge in [-0.05, 0) is 30.5 Å². The van der Waals surface area contributed by atoms with Crippen molar-refractivity contribution < 1.29 is 13.2 Å². The van der Waals surface area contributed by atoms with Gasteiger partial charge in [0.1, 0.15) is 0 Å². The maximum absolute atomic E-state index is 12.0. The molecule has 1 unspecified atom stereocenters. The van der Waals surface area contributed by atoms with E-state index in [1.165, 1.54) is 12.1 Å². The third-order valence-electron chi connectivity index (χ3n) is 3.45. The number of rotatable bonds is 5. The Labute approximate surface area is 120 Å². The molecule has 20 heavy (non-hydrogen) atoms. The highest BCUT2D eigenvalue weighted by Crippen LogP contribution is 2.21. The molecule has 0 aliphatic carbocycles. The normalized spacial score (nSPS) is 14.7. The van der Waals surface area contributed by atoms with Gasteiger partial charge in [-0.15, -0.1) is 0 Å². The summed E-state index contributed by atoms with van der Waals surface area (Å²) in [6, 6.07) is 4.04. The molecule has 1 amide bonds. The van der Waals surface area contributed by atoms with Crippen LogP contribution in [-0.4, -0.2) is 26.6 Å². The van der Waals surface area contributed by atoms with Gasteiger partial charge < -0.3 is 11.1 Å². The van der Waals surface area contributed by atoms with E-state index in [2.05, 4.69) is 5.32 Å². The zero-order chi connectivity index (χ0) is 15.5. The molecular formula is C14H22N2O3S. The standard InChI is InChI=1S/C14H22N2O3S/c1-5-9(2)13(15)14(17)16-12-8-11(20(4,18)19)7-6-10(12)3/h6-9,13H,5,15H2,1-4H3,(H,16,17)/t9?,13-/m0/s1. The first kappa shape index (κ1) is 16.7. The second-order valence-electron chi connectivity index (χ2n) is 5.15. The number of amides is 1. The molecule has 6 heteroatoms. The number of aryl methyl sites for hydroxylation is 1. The summed E-state index contributed by atoms with van der Waals surface area (Å²) in [4.78, 5) is 12.2. The number of hydrogen-bond donors (Lipinski definition) is 2. The minimum Gasteiger partial charge on any atom is -0.324 e. The highest BCUT2D eigenvalue weighted by atomic mass is 32.2. The second kappa shape index (κ2) is 6.37. The lowest BCUT2D eigenvalue weighted by Crippen LogP contribution is -2.40. The summed E-state index contributed by atoms with van der Waals surface area (Å²) in [6.07, 6.45) is 1.94. The van der Waals surface area contributed by atoms with Crippen LogP contribution in [0.1, 0.15) is 25.8 Å². The largest absolute Gasteiger partial charge is 0.324 e. The van der Waals surface area contributed by atoms with Gasteiger partial charge in [-0.1, -0.05) is 26.3 Å². The van der Waals surface area contributed by atoms with Gasteiger partial charge in [-0.2, -0.15) is 0 Å². The van der Waals surface area contributed by atoms with E-state index in [1.807, 2.05) is 13.8 Å². The zero-order valence-corrected chi connectivity index (χ0v) is 13.1. The van der Waals surface area contributed by atoms with Gasteiger partial charge in [0, 0.05) is 11.9 Å². The Balaban J connectivity index is 3.01. The van der Waals surface area contributed by atoms with Gasteiger partial charge in [0.15, 0.2) is 9.84 Å². The molecule has 0 saturated heterocycles. The fraction of sp³-hybridized carbons (Fsp3) is 0.500. The van der Waals surface area contributed by atoms with Crippen molar-refractivity contribution in [1.29, 1.82) is 0 Å². The minimum absolute atomic E-state index is 0.0633. The van der Waals surface area contributed by atoms with Crippen molar-refractivity contribution in [3.05, 3.63) is 23.8 Å². The van der Waals surface area contributed by atoms with E-state index in [9.17, 15) is 13.2 Å². The van der Waals surface area contributed by atoms with Gasteiger partial charge in [0.05, 0.1) is 10.9 Å². The summed E-state index contributed by atoms with van der Waals surface area (Å²) < 4.78 is 23.1. The molecule has 1 rings (SSSR count). The van der Waals surface area contributed by atoms with E-state index < -0.39 is 15.9 Å². The lowest BCUT2D eigenvalue weighted by Gasteiger charge is -2.18. The first-order valence-electron chi connectivity index (χ1n) is 6.54. The van der Waals surface area contributed by atoms with Crippen LogP contribution in [0, 0.1) is 12.8 Å². The molecule has 0 spiro atoms. The zero-order valence-electron chi connectivity index (χ0n) is 12.3. The van der Waals surface area contributed by atoms with Crippen LogP contribution in [0.3, 0.4) is 0 Å². The average Bonchev–Trinajstić information content (AvgIpc) is 2.38. The monoisotopic (exact) mass is 298 g/mol. The molecule has 112 valence electrons. The first-order valence-corrected chi connectivity index (χ1v) is 8.43. The summed E-state index contributed by atoms with van der Waals surface area (Å²) in [5.74, 6) is -0.235. The van der Waals surface area contributed by atoms with Gasteiger partial charge in [0.2, 0.25) is 5.91 Å². The smallest absolute Gasteiger partial charge is 0.241 e. The van der Waals surface area contributed by atoms with E-state index in [0.29, 0.717) is 5.69 Å². The predicted octanol–water partition coefficient (Wildman–Crippen LogP) is 1.71. The van der Waals surface area contributed by atoms with Gasteiger partial charge >= 0.3 is 0 Å². The molecule has 3 N–H and O–H groups in total. The van der Waals surface area contributed by atoms with Crippen LogP contribution in [0.5, 0.6) is 0 Å². The fourth-order valence-corrected chi connectivity index (χ4v) is 2.34. The van der Waals surface area contributed by atoms with E-state index in [0.717, 1.165) is 18.2 Å². The third kappa shape index (κ3) is 4.05. The van der Waals surface area contributed by atoms with Crippen molar-refractivity contribution >= 4 is 21.4 Å². The van der Waals surface area contributed by atoms with Gasteiger partial charge in [0.25, 0.3) is 0 Å². The summed E-state index contributed by atoms with van der Waals surface area (Å²) in [7, 11) is -3.30. The highest BCUT2D eigenvalue weighted by molar-refractivity contribution is 7.90.